The summed E-state index contributed by atoms with van der Waals surface area (Å²) in [5, 5.41) is 12.1. The molecule has 1 amide bonds. The molecule has 36 heavy (non-hydrogen) atoms. The van der Waals surface area contributed by atoms with Gasteiger partial charge >= 0.3 is 0 Å². The summed E-state index contributed by atoms with van der Waals surface area (Å²) in [4.78, 5) is 12.7. The maximum Gasteiger partial charge on any atom is 0.223 e. The predicted octanol–water partition coefficient (Wildman–Crippen LogP) is 5.74. The monoisotopic (exact) mass is 504 g/mol. The van der Waals surface area contributed by atoms with Gasteiger partial charge in [-0.1, -0.05) is 75.2 Å². The van der Waals surface area contributed by atoms with Crippen molar-refractivity contribution in [1.29, 1.82) is 0 Å². The van der Waals surface area contributed by atoms with Crippen LogP contribution in [0.1, 0.15) is 107 Å². The summed E-state index contributed by atoms with van der Waals surface area (Å²) in [5.74, 6) is 5.21. The molecule has 5 heteroatoms. The van der Waals surface area contributed by atoms with Crippen molar-refractivity contribution < 1.29 is 4.79 Å². The molecule has 5 N–H and O–H groups in total. The van der Waals surface area contributed by atoms with Crippen molar-refractivity contribution in [3.63, 3.8) is 0 Å². The first-order valence-electron chi connectivity index (χ1n) is 15.5. The Balaban J connectivity index is 1.84. The molecular weight excluding hydrogens is 444 g/mol. The Morgan fingerprint density at radius 1 is 0.722 bits per heavy atom. The second kappa shape index (κ2) is 12.9. The fourth-order valence-corrected chi connectivity index (χ4v) is 8.41. The van der Waals surface area contributed by atoms with Crippen molar-refractivity contribution in [3.05, 3.63) is 0 Å². The number of primary amides is 1. The van der Waals surface area contributed by atoms with Gasteiger partial charge in [0.25, 0.3) is 0 Å². The van der Waals surface area contributed by atoms with Gasteiger partial charge in [-0.05, 0) is 85.4 Å². The molecule has 0 aromatic carbocycles. The third kappa shape index (κ3) is 6.86. The van der Waals surface area contributed by atoms with Gasteiger partial charge in [0.1, 0.15) is 0 Å². The van der Waals surface area contributed by atoms with Gasteiger partial charge in [-0.2, -0.15) is 0 Å². The number of carbonyl (C=O) groups is 1. The topological polar surface area (TPSA) is 79.2 Å². The summed E-state index contributed by atoms with van der Waals surface area (Å²) in [7, 11) is 0. The number of rotatable bonds is 9. The first-order valence-corrected chi connectivity index (χ1v) is 15.5. The Morgan fingerprint density at radius 2 is 1.11 bits per heavy atom. The Bertz CT molecular complexity index is 660. The van der Waals surface area contributed by atoms with Crippen LogP contribution >= 0.6 is 0 Å². The second-order valence-electron chi connectivity index (χ2n) is 14.2. The molecule has 3 rings (SSSR count). The zero-order chi connectivity index (χ0) is 26.7. The summed E-state index contributed by atoms with van der Waals surface area (Å²) < 4.78 is 0. The van der Waals surface area contributed by atoms with Crippen LogP contribution < -0.4 is 21.7 Å². The van der Waals surface area contributed by atoms with E-state index in [-0.39, 0.29) is 30.1 Å². The number of hydrogen-bond donors (Lipinski definition) is 4. The second-order valence-corrected chi connectivity index (χ2v) is 14.2. The minimum atomic E-state index is -0.182. The van der Waals surface area contributed by atoms with E-state index in [1.54, 1.807) is 0 Å². The molecule has 8 atom stereocenters. The van der Waals surface area contributed by atoms with Gasteiger partial charge in [-0.25, -0.2) is 0 Å². The summed E-state index contributed by atoms with van der Waals surface area (Å²) in [6.07, 6.45) is 8.93. The number of nitrogens with one attached hydrogen (secondary N) is 3. The van der Waals surface area contributed by atoms with E-state index in [9.17, 15) is 4.79 Å². The van der Waals surface area contributed by atoms with Gasteiger partial charge in [0, 0.05) is 12.1 Å². The molecule has 0 aromatic rings. The van der Waals surface area contributed by atoms with E-state index in [0.29, 0.717) is 59.4 Å². The molecule has 0 spiro atoms. The average Bonchev–Trinajstić information content (AvgIpc) is 2.78. The molecule has 3 fully saturated rings. The molecule has 3 aliphatic rings. The van der Waals surface area contributed by atoms with Gasteiger partial charge in [-0.3, -0.25) is 20.7 Å². The van der Waals surface area contributed by atoms with Crippen LogP contribution in [-0.2, 0) is 4.79 Å². The Morgan fingerprint density at radius 3 is 1.47 bits per heavy atom. The lowest BCUT2D eigenvalue weighted by Gasteiger charge is -2.50. The highest BCUT2D eigenvalue weighted by molar-refractivity contribution is 5.77. The maximum atomic E-state index is 12.7. The van der Waals surface area contributed by atoms with Crippen LogP contribution in [0.3, 0.4) is 0 Å². The van der Waals surface area contributed by atoms with E-state index >= 15 is 0 Å². The van der Waals surface area contributed by atoms with Crippen molar-refractivity contribution in [3.8, 4) is 0 Å². The van der Waals surface area contributed by atoms with Crippen LogP contribution in [0, 0.1) is 59.2 Å². The van der Waals surface area contributed by atoms with E-state index in [0.717, 1.165) is 6.42 Å². The number of carbonyl (C=O) groups excluding carboxylic acids is 1. The third-order valence-electron chi connectivity index (χ3n) is 10.5. The Kier molecular flexibility index (Phi) is 10.7. The molecule has 210 valence electrons. The fourth-order valence-electron chi connectivity index (χ4n) is 8.41. The van der Waals surface area contributed by atoms with Gasteiger partial charge < -0.3 is 5.73 Å². The Labute approximate surface area is 223 Å². The lowest BCUT2D eigenvalue weighted by atomic mass is 9.67. The van der Waals surface area contributed by atoms with Crippen molar-refractivity contribution in [2.45, 2.75) is 132 Å². The van der Waals surface area contributed by atoms with Gasteiger partial charge in [0.2, 0.25) is 5.91 Å². The molecule has 0 bridgehead atoms. The molecule has 2 aliphatic carbocycles. The molecule has 5 nitrogen and oxygen atoms in total. The first kappa shape index (κ1) is 29.9. The largest absolute Gasteiger partial charge is 0.369 e. The van der Waals surface area contributed by atoms with Crippen LogP contribution in [-0.4, -0.2) is 30.3 Å². The average molecular weight is 505 g/mol. The van der Waals surface area contributed by atoms with Gasteiger partial charge in [-0.15, -0.1) is 0 Å². The predicted molar refractivity (Wildman–Crippen MR) is 152 cm³/mol. The fraction of sp³-hybridized carbons (Fsp3) is 0.968. The van der Waals surface area contributed by atoms with E-state index in [2.05, 4.69) is 78.3 Å². The molecule has 1 aliphatic heterocycles. The van der Waals surface area contributed by atoms with Crippen LogP contribution in [0.2, 0.25) is 0 Å². The maximum absolute atomic E-state index is 12.7. The number of amides is 1. The molecule has 2 saturated carbocycles. The number of nitrogens with two attached hydrogens (primary N) is 1. The highest BCUT2D eigenvalue weighted by atomic mass is 16.1. The van der Waals surface area contributed by atoms with Gasteiger partial charge in [0.15, 0.2) is 0 Å². The minimum Gasteiger partial charge on any atom is -0.369 e. The minimum absolute atomic E-state index is 0.0760. The Hall–Kier alpha value is -0.650. The summed E-state index contributed by atoms with van der Waals surface area (Å²) >= 11 is 0. The first-order chi connectivity index (χ1) is 16.9. The van der Waals surface area contributed by atoms with E-state index in [1.807, 2.05) is 0 Å². The zero-order valence-corrected chi connectivity index (χ0v) is 25.0. The zero-order valence-electron chi connectivity index (χ0n) is 25.0. The van der Waals surface area contributed by atoms with E-state index in [4.69, 9.17) is 5.73 Å². The van der Waals surface area contributed by atoms with E-state index in [1.165, 1.54) is 38.5 Å². The molecule has 1 saturated heterocycles. The highest BCUT2D eigenvalue weighted by Crippen LogP contribution is 2.40. The summed E-state index contributed by atoms with van der Waals surface area (Å²) in [5.41, 5.74) is 6.06. The molecular formula is C31H60N4O. The SMILES string of the molecule is CC(C)C1CCCC(C(C)C)C1NC1CC(C)C(C(N)=O)C(NC2C(C(C)C)CCCC2C(C)C)N1. The van der Waals surface area contributed by atoms with Crippen molar-refractivity contribution in [2.24, 2.45) is 64.9 Å². The van der Waals surface area contributed by atoms with Crippen LogP contribution in [0.15, 0.2) is 0 Å². The van der Waals surface area contributed by atoms with Crippen LogP contribution in [0.5, 0.6) is 0 Å². The molecule has 1 heterocycles. The lowest BCUT2D eigenvalue weighted by molar-refractivity contribution is -0.126. The normalized spacial score (nSPS) is 40.4. The molecule has 8 unspecified atom stereocenters. The standard InChI is InChI=1S/C31H60N4O/c1-17(2)22-12-10-13-23(18(3)4)28(22)33-26-16-21(9)27(30(32)36)31(34-26)35-29-24(19(5)6)14-11-15-25(29)20(7)8/h17-29,31,33-35H,10-16H2,1-9H3,(H2,32,36). The molecule has 0 radical (unpaired) electrons. The van der Waals surface area contributed by atoms with Crippen molar-refractivity contribution in [1.82, 2.24) is 16.0 Å². The van der Waals surface area contributed by atoms with Crippen LogP contribution in [0.4, 0.5) is 0 Å². The van der Waals surface area contributed by atoms with Crippen LogP contribution in [0.25, 0.3) is 0 Å². The number of hydrogen-bond acceptors (Lipinski definition) is 4. The lowest BCUT2D eigenvalue weighted by Crippen LogP contribution is -2.69. The smallest absolute Gasteiger partial charge is 0.223 e. The van der Waals surface area contributed by atoms with Crippen molar-refractivity contribution in [2.75, 3.05) is 0 Å². The quantitative estimate of drug-likeness (QED) is 0.323. The summed E-state index contributed by atoms with van der Waals surface area (Å²) in [6, 6.07) is 0.946. The third-order valence-corrected chi connectivity index (χ3v) is 10.5. The highest BCUT2D eigenvalue weighted by Gasteiger charge is 2.45. The molecule has 0 aromatic heterocycles. The number of piperidine rings is 1. The summed E-state index contributed by atoms with van der Waals surface area (Å²) in [6.45, 7) is 21.3. The van der Waals surface area contributed by atoms with Gasteiger partial charge in [0.05, 0.1) is 18.2 Å². The van der Waals surface area contributed by atoms with Crippen molar-refractivity contribution >= 4 is 5.91 Å². The van der Waals surface area contributed by atoms with E-state index < -0.39 is 0 Å².